The molecule has 1 aliphatic rings. The van der Waals surface area contributed by atoms with Gasteiger partial charge in [-0.15, -0.1) is 0 Å². The summed E-state index contributed by atoms with van der Waals surface area (Å²) in [5, 5.41) is 2.29. The molecule has 2 nitrogen and oxygen atoms in total. The highest BCUT2D eigenvalue weighted by Crippen LogP contribution is 2.41. The second-order valence-corrected chi connectivity index (χ2v) is 5.29. The lowest BCUT2D eigenvalue weighted by Crippen LogP contribution is -2.47. The molecule has 1 saturated heterocycles. The summed E-state index contributed by atoms with van der Waals surface area (Å²) in [6.45, 7) is 0.871. The van der Waals surface area contributed by atoms with Crippen LogP contribution in [0.2, 0.25) is 5.02 Å². The van der Waals surface area contributed by atoms with E-state index in [-0.39, 0.29) is 13.1 Å². The van der Waals surface area contributed by atoms with Crippen molar-refractivity contribution in [2.75, 3.05) is 26.2 Å². The summed E-state index contributed by atoms with van der Waals surface area (Å²) in [7, 11) is 0. The highest BCUT2D eigenvalue weighted by atomic mass is 35.5. The molecule has 0 saturated carbocycles. The van der Waals surface area contributed by atoms with E-state index >= 15 is 0 Å². The van der Waals surface area contributed by atoms with Crippen molar-refractivity contribution in [3.8, 4) is 0 Å². The van der Waals surface area contributed by atoms with Gasteiger partial charge in [0.1, 0.15) is 5.82 Å². The molecule has 0 amide bonds. The molecular formula is C13H13ClF6N2. The summed E-state index contributed by atoms with van der Waals surface area (Å²) < 4.78 is 80.2. The Hall–Kier alpha value is -0.990. The highest BCUT2D eigenvalue weighted by Gasteiger charge is 2.42. The smallest absolute Gasteiger partial charge is 0.314 e. The fourth-order valence-corrected chi connectivity index (χ4v) is 2.70. The zero-order valence-corrected chi connectivity index (χ0v) is 12.0. The van der Waals surface area contributed by atoms with Crippen molar-refractivity contribution < 1.29 is 26.3 Å². The number of nitrogens with one attached hydrogen (secondary N) is 1. The molecule has 1 aromatic rings. The van der Waals surface area contributed by atoms with Crippen molar-refractivity contribution in [3.05, 3.63) is 34.1 Å². The molecule has 0 unspecified atom stereocenters. The van der Waals surface area contributed by atoms with Gasteiger partial charge in [-0.2, -0.15) is 13.2 Å². The summed E-state index contributed by atoms with van der Waals surface area (Å²) in [5.41, 5.74) is -2.50. The average Bonchev–Trinajstić information content (AvgIpc) is 2.43. The minimum atomic E-state index is -4.94. The minimum Gasteiger partial charge on any atom is -0.314 e. The number of hydrogen-bond donors (Lipinski definition) is 1. The molecule has 124 valence electrons. The molecule has 9 heteroatoms. The summed E-state index contributed by atoms with van der Waals surface area (Å²) in [6.07, 6.45) is -8.12. The van der Waals surface area contributed by atoms with Crippen LogP contribution in [0.5, 0.6) is 0 Å². The second kappa shape index (κ2) is 6.64. The van der Waals surface area contributed by atoms with Crippen LogP contribution in [0, 0.1) is 5.82 Å². The van der Waals surface area contributed by atoms with E-state index < -0.39 is 40.6 Å². The number of halogens is 7. The lowest BCUT2D eigenvalue weighted by molar-refractivity contribution is -0.139. The predicted molar refractivity (Wildman–Crippen MR) is 69.6 cm³/mol. The molecule has 0 radical (unpaired) electrons. The van der Waals surface area contributed by atoms with Gasteiger partial charge in [0, 0.05) is 31.7 Å². The third-order valence-electron chi connectivity index (χ3n) is 3.52. The number of piperazine rings is 1. The third-order valence-corrected chi connectivity index (χ3v) is 3.81. The van der Waals surface area contributed by atoms with E-state index in [4.69, 9.17) is 11.6 Å². The van der Waals surface area contributed by atoms with E-state index in [2.05, 4.69) is 5.32 Å². The van der Waals surface area contributed by atoms with E-state index in [0.29, 0.717) is 19.2 Å². The van der Waals surface area contributed by atoms with Crippen LogP contribution < -0.4 is 5.32 Å². The van der Waals surface area contributed by atoms with Crippen LogP contribution in [0.4, 0.5) is 26.3 Å². The molecular weight excluding hydrogens is 334 g/mol. The largest absolute Gasteiger partial charge is 0.416 e. The summed E-state index contributed by atoms with van der Waals surface area (Å²) in [5.74, 6) is -1.44. The first-order valence-electron chi connectivity index (χ1n) is 6.51. The van der Waals surface area contributed by atoms with E-state index in [1.807, 2.05) is 0 Å². The van der Waals surface area contributed by atoms with Crippen molar-refractivity contribution in [2.24, 2.45) is 0 Å². The predicted octanol–water partition coefficient (Wildman–Crippen LogP) is 3.71. The first-order valence-corrected chi connectivity index (χ1v) is 6.89. The SMILES string of the molecule is Fc1c(Cl)ccc(C(F)(F)F)c1[C@@H](C(F)F)N1CCNCC1. The van der Waals surface area contributed by atoms with Crippen molar-refractivity contribution in [1.29, 1.82) is 0 Å². The maximum Gasteiger partial charge on any atom is 0.416 e. The Morgan fingerprint density at radius 1 is 1.14 bits per heavy atom. The molecule has 1 aliphatic heterocycles. The molecule has 0 spiro atoms. The van der Waals surface area contributed by atoms with E-state index in [1.54, 1.807) is 0 Å². The zero-order valence-electron chi connectivity index (χ0n) is 11.2. The van der Waals surface area contributed by atoms with Crippen molar-refractivity contribution in [2.45, 2.75) is 18.6 Å². The topological polar surface area (TPSA) is 15.3 Å². The van der Waals surface area contributed by atoms with Crippen LogP contribution >= 0.6 is 11.6 Å². The number of nitrogens with zero attached hydrogens (tertiary/aromatic N) is 1. The quantitative estimate of drug-likeness (QED) is 0.839. The highest BCUT2D eigenvalue weighted by molar-refractivity contribution is 6.30. The molecule has 0 bridgehead atoms. The molecule has 1 heterocycles. The van der Waals surface area contributed by atoms with E-state index in [1.165, 1.54) is 0 Å². The van der Waals surface area contributed by atoms with Crippen molar-refractivity contribution >= 4 is 11.6 Å². The average molecular weight is 347 g/mol. The first kappa shape index (κ1) is 17.4. The van der Waals surface area contributed by atoms with Crippen LogP contribution in [0.25, 0.3) is 0 Å². The normalized spacial score (nSPS) is 18.7. The monoisotopic (exact) mass is 346 g/mol. The van der Waals surface area contributed by atoms with Crippen LogP contribution in [-0.2, 0) is 6.18 Å². The van der Waals surface area contributed by atoms with Gasteiger partial charge >= 0.3 is 6.18 Å². The maximum atomic E-state index is 14.2. The minimum absolute atomic E-state index is 0.0955. The summed E-state index contributed by atoms with van der Waals surface area (Å²) in [4.78, 5) is 1.14. The Morgan fingerprint density at radius 3 is 2.23 bits per heavy atom. The Kier molecular flexibility index (Phi) is 5.24. The van der Waals surface area contributed by atoms with Gasteiger partial charge in [-0.05, 0) is 12.1 Å². The molecule has 0 aromatic heterocycles. The van der Waals surface area contributed by atoms with Gasteiger partial charge in [0.25, 0.3) is 6.43 Å². The van der Waals surface area contributed by atoms with Gasteiger partial charge < -0.3 is 5.32 Å². The lowest BCUT2D eigenvalue weighted by Gasteiger charge is -2.35. The fraction of sp³-hybridized carbons (Fsp3) is 0.538. The van der Waals surface area contributed by atoms with Gasteiger partial charge in [-0.1, -0.05) is 11.6 Å². The van der Waals surface area contributed by atoms with Gasteiger partial charge in [0.15, 0.2) is 0 Å². The molecule has 1 fully saturated rings. The van der Waals surface area contributed by atoms with Crippen molar-refractivity contribution in [3.63, 3.8) is 0 Å². The van der Waals surface area contributed by atoms with Crippen LogP contribution in [0.15, 0.2) is 12.1 Å². The zero-order chi connectivity index (χ0) is 16.5. The Balaban J connectivity index is 2.57. The van der Waals surface area contributed by atoms with Crippen molar-refractivity contribution in [1.82, 2.24) is 10.2 Å². The molecule has 22 heavy (non-hydrogen) atoms. The number of rotatable bonds is 3. The van der Waals surface area contributed by atoms with Crippen LogP contribution in [0.3, 0.4) is 0 Å². The summed E-state index contributed by atoms with van der Waals surface area (Å²) in [6, 6.07) is -0.723. The maximum absolute atomic E-state index is 14.2. The Bertz CT molecular complexity index is 528. The van der Waals surface area contributed by atoms with Crippen LogP contribution in [0.1, 0.15) is 17.2 Å². The van der Waals surface area contributed by atoms with Gasteiger partial charge in [0.05, 0.1) is 16.6 Å². The second-order valence-electron chi connectivity index (χ2n) is 4.89. The van der Waals surface area contributed by atoms with Crippen LogP contribution in [-0.4, -0.2) is 37.5 Å². The number of hydrogen-bond acceptors (Lipinski definition) is 2. The lowest BCUT2D eigenvalue weighted by atomic mass is 9.97. The molecule has 0 aliphatic carbocycles. The van der Waals surface area contributed by atoms with Gasteiger partial charge in [-0.25, -0.2) is 13.2 Å². The van der Waals surface area contributed by atoms with Gasteiger partial charge in [0.2, 0.25) is 0 Å². The number of benzene rings is 1. The molecule has 1 atom stereocenters. The van der Waals surface area contributed by atoms with E-state index in [9.17, 15) is 26.3 Å². The van der Waals surface area contributed by atoms with Gasteiger partial charge in [-0.3, -0.25) is 4.90 Å². The fourth-order valence-electron chi connectivity index (χ4n) is 2.53. The third kappa shape index (κ3) is 3.49. The first-order chi connectivity index (χ1) is 10.2. The summed E-state index contributed by atoms with van der Waals surface area (Å²) >= 11 is 5.51. The molecule has 1 aromatic carbocycles. The van der Waals surface area contributed by atoms with E-state index in [0.717, 1.165) is 11.0 Å². The Labute approximate surface area is 128 Å². The molecule has 2 rings (SSSR count). The molecule has 1 N–H and O–H groups in total. The Morgan fingerprint density at radius 2 is 1.73 bits per heavy atom. The number of alkyl halides is 5. The standard InChI is InChI=1S/C13H13ClF6N2/c14-8-2-1-7(13(18,19)20)9(10(8)15)11(12(16)17)22-5-3-21-4-6-22/h1-2,11-12,21H,3-6H2/t11-/m0/s1.